The fourth-order valence-electron chi connectivity index (χ4n) is 2.88. The highest BCUT2D eigenvalue weighted by molar-refractivity contribution is 5.18. The maximum atomic E-state index is 10.3. The molecule has 1 nitrogen and oxygen atoms in total. The summed E-state index contributed by atoms with van der Waals surface area (Å²) in [5.41, 5.74) is 2.26. The molecule has 0 fully saturated rings. The lowest BCUT2D eigenvalue weighted by atomic mass is 9.59. The predicted octanol–water partition coefficient (Wildman–Crippen LogP) is 3.55. The van der Waals surface area contributed by atoms with Crippen molar-refractivity contribution < 1.29 is 5.11 Å². The van der Waals surface area contributed by atoms with E-state index in [0.29, 0.717) is 11.8 Å². The van der Waals surface area contributed by atoms with Gasteiger partial charge < -0.3 is 5.11 Å². The smallest absolute Gasteiger partial charge is 0.0806 e. The van der Waals surface area contributed by atoms with E-state index in [4.69, 9.17) is 0 Å². The molecule has 0 spiro atoms. The topological polar surface area (TPSA) is 20.2 Å². The SMILES string of the molecule is C=C(C)C(O)C1(C)C(C)C=C(C)CC1C. The third-order valence-corrected chi connectivity index (χ3v) is 4.26. The Hall–Kier alpha value is -0.560. The molecule has 0 aromatic carbocycles. The molecule has 0 aromatic rings. The van der Waals surface area contributed by atoms with Crippen molar-refractivity contribution in [3.8, 4) is 0 Å². The lowest BCUT2D eigenvalue weighted by Gasteiger charge is -2.47. The largest absolute Gasteiger partial charge is 0.388 e. The Labute approximate surface area is 93.9 Å². The van der Waals surface area contributed by atoms with Crippen LogP contribution in [0.5, 0.6) is 0 Å². The first-order valence-electron chi connectivity index (χ1n) is 5.80. The van der Waals surface area contributed by atoms with Crippen LogP contribution in [-0.4, -0.2) is 11.2 Å². The molecular weight excluding hydrogens is 184 g/mol. The van der Waals surface area contributed by atoms with Crippen LogP contribution in [0.25, 0.3) is 0 Å². The Morgan fingerprint density at radius 3 is 2.53 bits per heavy atom. The number of aliphatic hydroxyl groups excluding tert-OH is 1. The third-order valence-electron chi connectivity index (χ3n) is 4.26. The quantitative estimate of drug-likeness (QED) is 0.688. The van der Waals surface area contributed by atoms with E-state index in [9.17, 15) is 5.11 Å². The lowest BCUT2D eigenvalue weighted by molar-refractivity contribution is -0.0113. The van der Waals surface area contributed by atoms with E-state index < -0.39 is 6.10 Å². The fraction of sp³-hybridized carbons (Fsp3) is 0.714. The molecule has 0 saturated heterocycles. The van der Waals surface area contributed by atoms with Crippen LogP contribution in [0.4, 0.5) is 0 Å². The van der Waals surface area contributed by atoms with Gasteiger partial charge in [-0.1, -0.05) is 44.6 Å². The second kappa shape index (κ2) is 4.13. The molecule has 0 aromatic heterocycles. The summed E-state index contributed by atoms with van der Waals surface area (Å²) >= 11 is 0. The van der Waals surface area contributed by atoms with Gasteiger partial charge in [0, 0.05) is 5.41 Å². The zero-order chi connectivity index (χ0) is 11.8. The van der Waals surface area contributed by atoms with Crippen LogP contribution in [0.2, 0.25) is 0 Å². The first-order chi connectivity index (χ1) is 6.80. The Balaban J connectivity index is 3.06. The summed E-state index contributed by atoms with van der Waals surface area (Å²) < 4.78 is 0. The highest BCUT2D eigenvalue weighted by Gasteiger charge is 2.44. The summed E-state index contributed by atoms with van der Waals surface area (Å²) in [6, 6.07) is 0. The maximum absolute atomic E-state index is 10.3. The molecule has 4 unspecified atom stereocenters. The van der Waals surface area contributed by atoms with E-state index >= 15 is 0 Å². The van der Waals surface area contributed by atoms with Crippen LogP contribution < -0.4 is 0 Å². The highest BCUT2D eigenvalue weighted by Crippen LogP contribution is 2.47. The first-order valence-corrected chi connectivity index (χ1v) is 5.80. The molecule has 1 aliphatic carbocycles. The monoisotopic (exact) mass is 208 g/mol. The Bertz CT molecular complexity index is 290. The fourth-order valence-corrected chi connectivity index (χ4v) is 2.88. The Kier molecular flexibility index (Phi) is 3.44. The number of hydrogen-bond donors (Lipinski definition) is 1. The van der Waals surface area contributed by atoms with E-state index in [1.54, 1.807) is 0 Å². The van der Waals surface area contributed by atoms with E-state index in [-0.39, 0.29) is 5.41 Å². The van der Waals surface area contributed by atoms with Gasteiger partial charge in [-0.3, -0.25) is 0 Å². The minimum absolute atomic E-state index is 0.0641. The van der Waals surface area contributed by atoms with Crippen LogP contribution in [0.15, 0.2) is 23.8 Å². The number of hydrogen-bond acceptors (Lipinski definition) is 1. The molecule has 0 saturated carbocycles. The van der Waals surface area contributed by atoms with Crippen molar-refractivity contribution in [2.45, 2.75) is 47.1 Å². The van der Waals surface area contributed by atoms with Gasteiger partial charge in [-0.25, -0.2) is 0 Å². The minimum atomic E-state index is -0.396. The molecule has 15 heavy (non-hydrogen) atoms. The van der Waals surface area contributed by atoms with Crippen LogP contribution in [-0.2, 0) is 0 Å². The molecule has 0 radical (unpaired) electrons. The minimum Gasteiger partial charge on any atom is -0.388 e. The molecule has 0 aliphatic heterocycles. The van der Waals surface area contributed by atoms with Gasteiger partial charge in [0.1, 0.15) is 0 Å². The summed E-state index contributed by atoms with van der Waals surface area (Å²) in [4.78, 5) is 0. The molecule has 0 bridgehead atoms. The van der Waals surface area contributed by atoms with Crippen molar-refractivity contribution in [3.05, 3.63) is 23.8 Å². The van der Waals surface area contributed by atoms with Crippen molar-refractivity contribution in [1.29, 1.82) is 0 Å². The summed E-state index contributed by atoms with van der Waals surface area (Å²) in [5, 5.41) is 10.3. The lowest BCUT2D eigenvalue weighted by Crippen LogP contribution is -2.45. The van der Waals surface area contributed by atoms with E-state index in [1.165, 1.54) is 5.57 Å². The summed E-state index contributed by atoms with van der Waals surface area (Å²) in [5.74, 6) is 0.914. The standard InChI is InChI=1S/C14H24O/c1-9(2)13(15)14(6)11(4)7-10(3)8-12(14)5/h7,11-13,15H,1,8H2,2-6H3. The summed E-state index contributed by atoms with van der Waals surface area (Å²) in [6.07, 6.45) is 2.99. The number of allylic oxidation sites excluding steroid dienone is 2. The zero-order valence-corrected chi connectivity index (χ0v) is 10.7. The van der Waals surface area contributed by atoms with Gasteiger partial charge in [-0.05, 0) is 32.1 Å². The van der Waals surface area contributed by atoms with Crippen LogP contribution in [0, 0.1) is 17.3 Å². The second-order valence-corrected chi connectivity index (χ2v) is 5.52. The van der Waals surface area contributed by atoms with E-state index in [2.05, 4.69) is 40.3 Å². The van der Waals surface area contributed by atoms with Gasteiger partial charge in [0.05, 0.1) is 6.10 Å². The summed E-state index contributed by atoms with van der Waals surface area (Å²) in [7, 11) is 0. The molecule has 1 aliphatic rings. The first kappa shape index (κ1) is 12.5. The highest BCUT2D eigenvalue weighted by atomic mass is 16.3. The average molecular weight is 208 g/mol. The van der Waals surface area contributed by atoms with E-state index in [0.717, 1.165) is 12.0 Å². The Morgan fingerprint density at radius 1 is 1.60 bits per heavy atom. The van der Waals surface area contributed by atoms with Crippen LogP contribution >= 0.6 is 0 Å². The molecule has 1 rings (SSSR count). The zero-order valence-electron chi connectivity index (χ0n) is 10.7. The van der Waals surface area contributed by atoms with Crippen LogP contribution in [0.3, 0.4) is 0 Å². The number of rotatable bonds is 2. The van der Waals surface area contributed by atoms with Crippen molar-refractivity contribution in [2.75, 3.05) is 0 Å². The number of aliphatic hydroxyl groups is 1. The van der Waals surface area contributed by atoms with Crippen molar-refractivity contribution in [2.24, 2.45) is 17.3 Å². The molecule has 86 valence electrons. The van der Waals surface area contributed by atoms with Gasteiger partial charge in [0.15, 0.2) is 0 Å². The van der Waals surface area contributed by atoms with Gasteiger partial charge in [0.25, 0.3) is 0 Å². The molecule has 0 heterocycles. The van der Waals surface area contributed by atoms with Gasteiger partial charge in [-0.2, -0.15) is 0 Å². The Morgan fingerprint density at radius 2 is 2.13 bits per heavy atom. The normalized spacial score (nSPS) is 38.4. The van der Waals surface area contributed by atoms with Gasteiger partial charge in [-0.15, -0.1) is 0 Å². The molecule has 4 atom stereocenters. The molecular formula is C14H24O. The van der Waals surface area contributed by atoms with Crippen molar-refractivity contribution in [3.63, 3.8) is 0 Å². The third kappa shape index (κ3) is 2.03. The second-order valence-electron chi connectivity index (χ2n) is 5.52. The summed E-state index contributed by atoms with van der Waals surface area (Å²) in [6.45, 7) is 14.6. The average Bonchev–Trinajstić information content (AvgIpc) is 2.12. The molecule has 1 heteroatoms. The predicted molar refractivity (Wildman–Crippen MR) is 65.6 cm³/mol. The van der Waals surface area contributed by atoms with Crippen molar-refractivity contribution >= 4 is 0 Å². The maximum Gasteiger partial charge on any atom is 0.0806 e. The van der Waals surface area contributed by atoms with Crippen molar-refractivity contribution in [1.82, 2.24) is 0 Å². The van der Waals surface area contributed by atoms with Crippen LogP contribution in [0.1, 0.15) is 41.0 Å². The molecule has 1 N–H and O–H groups in total. The van der Waals surface area contributed by atoms with E-state index in [1.807, 2.05) is 6.92 Å². The molecule has 0 amide bonds. The van der Waals surface area contributed by atoms with Gasteiger partial charge in [0.2, 0.25) is 0 Å². The van der Waals surface area contributed by atoms with Gasteiger partial charge >= 0.3 is 0 Å².